The number of benzene rings is 1. The van der Waals surface area contributed by atoms with Gasteiger partial charge in [-0.05, 0) is 50.8 Å². The molecule has 0 bridgehead atoms. The molecule has 12 nitrogen and oxygen atoms in total. The molecule has 194 valence electrons. The molecule has 0 radical (unpaired) electrons. The fourth-order valence-corrected chi connectivity index (χ4v) is 3.98. The maximum Gasteiger partial charge on any atom is 0.513 e. The molecule has 0 aliphatic heterocycles. The number of hydrogen-bond donors (Lipinski definition) is 1. The SMILES string of the molecule is COc1nc(C)c(Nc2nc(Cl)cn([C@H](COC(=O)Oc3ccc([N+](=O)[O-])cc3)C3CC3)c2=O)cc1C. The van der Waals surface area contributed by atoms with Gasteiger partial charge in [0, 0.05) is 23.9 Å². The standard InChI is InChI=1S/C24H24ClN5O7/c1-13-10-18(14(2)26-22(13)35-3)27-21-23(31)29(11-20(25)28-21)19(15-4-5-15)12-36-24(32)37-17-8-6-16(7-9-17)30(33)34/h6-11,15,19H,4-5,12H2,1-3H3,(H,27,28)/t19-/m1/s1. The van der Waals surface area contributed by atoms with Gasteiger partial charge in [0.05, 0.1) is 29.5 Å². The summed E-state index contributed by atoms with van der Waals surface area (Å²) in [5.41, 5.74) is 1.37. The number of nitrogens with one attached hydrogen (secondary N) is 1. The van der Waals surface area contributed by atoms with E-state index in [9.17, 15) is 19.7 Å². The normalized spacial score (nSPS) is 13.5. The predicted molar refractivity (Wildman–Crippen MR) is 134 cm³/mol. The van der Waals surface area contributed by atoms with Crippen molar-refractivity contribution in [1.82, 2.24) is 14.5 Å². The van der Waals surface area contributed by atoms with Crippen molar-refractivity contribution in [1.29, 1.82) is 0 Å². The average molecular weight is 530 g/mol. The van der Waals surface area contributed by atoms with E-state index >= 15 is 0 Å². The van der Waals surface area contributed by atoms with Crippen LogP contribution in [0.2, 0.25) is 5.15 Å². The first-order valence-electron chi connectivity index (χ1n) is 11.3. The van der Waals surface area contributed by atoms with Crippen molar-refractivity contribution in [3.63, 3.8) is 0 Å². The molecule has 0 unspecified atom stereocenters. The number of carbonyl (C=O) groups is 1. The van der Waals surface area contributed by atoms with Crippen LogP contribution in [-0.4, -0.2) is 39.3 Å². The van der Waals surface area contributed by atoms with Crippen molar-refractivity contribution in [3.05, 3.63) is 73.4 Å². The van der Waals surface area contributed by atoms with Crippen molar-refractivity contribution in [3.8, 4) is 11.6 Å². The molecule has 0 saturated heterocycles. The molecule has 2 aromatic heterocycles. The van der Waals surface area contributed by atoms with Gasteiger partial charge >= 0.3 is 6.16 Å². The van der Waals surface area contributed by atoms with E-state index in [4.69, 9.17) is 25.8 Å². The second kappa shape index (κ2) is 10.8. The minimum Gasteiger partial charge on any atom is -0.481 e. The number of halogens is 1. The van der Waals surface area contributed by atoms with Crippen LogP contribution in [0.15, 0.2) is 41.3 Å². The molecule has 0 spiro atoms. The van der Waals surface area contributed by atoms with E-state index < -0.39 is 22.7 Å². The Hall–Kier alpha value is -4.19. The minimum atomic E-state index is -0.999. The number of hydrogen-bond acceptors (Lipinski definition) is 10. The Bertz CT molecular complexity index is 1390. The van der Waals surface area contributed by atoms with E-state index in [0.29, 0.717) is 17.3 Å². The molecule has 1 aliphatic carbocycles. The van der Waals surface area contributed by atoms with E-state index in [1.807, 2.05) is 6.92 Å². The van der Waals surface area contributed by atoms with E-state index in [2.05, 4.69) is 15.3 Å². The molecule has 1 N–H and O–H groups in total. The summed E-state index contributed by atoms with van der Waals surface area (Å²) >= 11 is 6.25. The lowest BCUT2D eigenvalue weighted by Crippen LogP contribution is -2.32. The monoisotopic (exact) mass is 529 g/mol. The van der Waals surface area contributed by atoms with Crippen molar-refractivity contribution >= 4 is 34.9 Å². The Morgan fingerprint density at radius 2 is 1.97 bits per heavy atom. The molecular weight excluding hydrogens is 506 g/mol. The number of non-ortho nitro benzene ring substituents is 1. The maximum atomic E-state index is 13.3. The van der Waals surface area contributed by atoms with Gasteiger partial charge in [-0.15, -0.1) is 0 Å². The Balaban J connectivity index is 1.51. The summed E-state index contributed by atoms with van der Waals surface area (Å²) in [5.74, 6) is 0.669. The fourth-order valence-electron chi connectivity index (χ4n) is 3.79. The molecule has 37 heavy (non-hydrogen) atoms. The van der Waals surface area contributed by atoms with Gasteiger partial charge in [0.15, 0.2) is 5.82 Å². The van der Waals surface area contributed by atoms with Crippen molar-refractivity contribution in [2.45, 2.75) is 32.7 Å². The van der Waals surface area contributed by atoms with Crippen molar-refractivity contribution in [2.75, 3.05) is 19.0 Å². The third kappa shape index (κ3) is 6.15. The second-order valence-corrected chi connectivity index (χ2v) is 8.90. The Kier molecular flexibility index (Phi) is 7.58. The molecule has 13 heteroatoms. The summed E-state index contributed by atoms with van der Waals surface area (Å²) in [6, 6.07) is 6.31. The maximum absolute atomic E-state index is 13.3. The Morgan fingerprint density at radius 1 is 1.27 bits per heavy atom. The third-order valence-electron chi connectivity index (χ3n) is 5.85. The predicted octanol–water partition coefficient (Wildman–Crippen LogP) is 4.74. The first kappa shape index (κ1) is 25.9. The van der Waals surface area contributed by atoms with Crippen molar-refractivity contribution < 1.29 is 23.9 Å². The highest BCUT2D eigenvalue weighted by molar-refractivity contribution is 6.29. The van der Waals surface area contributed by atoms with E-state index in [0.717, 1.165) is 18.4 Å². The van der Waals surface area contributed by atoms with Gasteiger partial charge in [-0.1, -0.05) is 11.6 Å². The van der Waals surface area contributed by atoms with Crippen LogP contribution in [0.25, 0.3) is 0 Å². The summed E-state index contributed by atoms with van der Waals surface area (Å²) < 4.78 is 17.0. The first-order valence-corrected chi connectivity index (χ1v) is 11.7. The topological polar surface area (TPSA) is 148 Å². The minimum absolute atomic E-state index is 0.000994. The van der Waals surface area contributed by atoms with E-state index in [1.165, 1.54) is 42.1 Å². The number of nitro groups is 1. The largest absolute Gasteiger partial charge is 0.513 e. The zero-order valence-electron chi connectivity index (χ0n) is 20.3. The molecule has 2 heterocycles. The highest BCUT2D eigenvalue weighted by Crippen LogP contribution is 2.40. The third-order valence-corrected chi connectivity index (χ3v) is 6.03. The number of aromatic nitrogens is 3. The van der Waals surface area contributed by atoms with Gasteiger partial charge in [-0.2, -0.15) is 0 Å². The molecular formula is C24H24ClN5O7. The van der Waals surface area contributed by atoms with Crippen LogP contribution in [0, 0.1) is 29.9 Å². The van der Waals surface area contributed by atoms with Gasteiger partial charge in [0.1, 0.15) is 17.5 Å². The van der Waals surface area contributed by atoms with Crippen LogP contribution in [-0.2, 0) is 4.74 Å². The van der Waals surface area contributed by atoms with E-state index in [-0.39, 0.29) is 34.9 Å². The summed E-state index contributed by atoms with van der Waals surface area (Å²) in [6.07, 6.45) is 2.11. The van der Waals surface area contributed by atoms with Gasteiger partial charge < -0.3 is 24.1 Å². The molecule has 1 saturated carbocycles. The Labute approximate surface area is 216 Å². The lowest BCUT2D eigenvalue weighted by Gasteiger charge is -2.20. The number of ether oxygens (including phenoxy) is 3. The number of nitro benzene ring substituents is 1. The molecule has 4 rings (SSSR count). The van der Waals surface area contributed by atoms with Crippen LogP contribution >= 0.6 is 11.6 Å². The first-order chi connectivity index (χ1) is 17.7. The van der Waals surface area contributed by atoms with Crippen molar-refractivity contribution in [2.24, 2.45) is 5.92 Å². The fraction of sp³-hybridized carbons (Fsp3) is 0.333. The molecule has 1 fully saturated rings. The van der Waals surface area contributed by atoms with Gasteiger partial charge in [-0.25, -0.2) is 14.8 Å². The van der Waals surface area contributed by atoms with Crippen LogP contribution in [0.5, 0.6) is 11.6 Å². The van der Waals surface area contributed by atoms with E-state index in [1.54, 1.807) is 13.0 Å². The summed E-state index contributed by atoms with van der Waals surface area (Å²) in [6.45, 7) is 3.46. The number of pyridine rings is 1. The zero-order chi connectivity index (χ0) is 26.7. The molecule has 1 aliphatic rings. The average Bonchev–Trinajstić information content (AvgIpc) is 3.69. The number of rotatable bonds is 9. The second-order valence-electron chi connectivity index (χ2n) is 8.52. The molecule has 0 amide bonds. The summed E-state index contributed by atoms with van der Waals surface area (Å²) in [4.78, 5) is 44.3. The summed E-state index contributed by atoms with van der Waals surface area (Å²) in [7, 11) is 1.53. The zero-order valence-corrected chi connectivity index (χ0v) is 21.0. The van der Waals surface area contributed by atoms with Crippen LogP contribution in [0.1, 0.15) is 30.1 Å². The number of aryl methyl sites for hydroxylation is 2. The van der Waals surface area contributed by atoms with Gasteiger partial charge in [-0.3, -0.25) is 14.9 Å². The highest BCUT2D eigenvalue weighted by Gasteiger charge is 2.35. The van der Waals surface area contributed by atoms with Crippen LogP contribution in [0.3, 0.4) is 0 Å². The number of carbonyl (C=O) groups excluding carboxylic acids is 1. The summed E-state index contributed by atoms with van der Waals surface area (Å²) in [5, 5.41) is 13.9. The number of methoxy groups -OCH3 is 1. The molecule has 1 atom stereocenters. The Morgan fingerprint density at radius 3 is 2.59 bits per heavy atom. The smallest absolute Gasteiger partial charge is 0.481 e. The highest BCUT2D eigenvalue weighted by atomic mass is 35.5. The van der Waals surface area contributed by atoms with Crippen LogP contribution in [0.4, 0.5) is 22.0 Å². The number of nitrogens with zero attached hydrogens (tertiary/aromatic N) is 4. The lowest BCUT2D eigenvalue weighted by molar-refractivity contribution is -0.384. The lowest BCUT2D eigenvalue weighted by atomic mass is 10.2. The number of anilines is 2. The molecule has 3 aromatic rings. The molecule has 1 aromatic carbocycles. The van der Waals surface area contributed by atoms with Gasteiger partial charge in [0.25, 0.3) is 11.2 Å². The quantitative estimate of drug-likeness (QED) is 0.178. The van der Waals surface area contributed by atoms with Crippen LogP contribution < -0.4 is 20.3 Å². The van der Waals surface area contributed by atoms with Gasteiger partial charge in [0.2, 0.25) is 5.88 Å².